The molecule has 0 saturated carbocycles. The Morgan fingerprint density at radius 3 is 2.46 bits per heavy atom. The average molecular weight is 396 g/mol. The maximum Gasteiger partial charge on any atom is 0.253 e. The van der Waals surface area contributed by atoms with Gasteiger partial charge in [0, 0.05) is 36.1 Å². The van der Waals surface area contributed by atoms with Crippen LogP contribution in [0.5, 0.6) is 0 Å². The third-order valence-electron chi connectivity index (χ3n) is 4.93. The molecule has 6 heteroatoms. The normalized spacial score (nSPS) is 14.1. The summed E-state index contributed by atoms with van der Waals surface area (Å²) in [6, 6.07) is 14.1. The van der Waals surface area contributed by atoms with Gasteiger partial charge in [0.2, 0.25) is 0 Å². The molecule has 0 unspecified atom stereocenters. The number of carbonyl (C=O) groups is 1. The van der Waals surface area contributed by atoms with Crippen molar-refractivity contribution < 1.29 is 9.18 Å². The van der Waals surface area contributed by atoms with Crippen molar-refractivity contribution in [1.82, 2.24) is 9.88 Å². The van der Waals surface area contributed by atoms with Crippen LogP contribution in [0.15, 0.2) is 53.9 Å². The van der Waals surface area contributed by atoms with Crippen LogP contribution in [0.25, 0.3) is 11.3 Å². The number of rotatable bonds is 5. The van der Waals surface area contributed by atoms with Gasteiger partial charge in [-0.1, -0.05) is 12.1 Å². The SMILES string of the molecule is O=C(c1ccc(CNc2nc(-c3ccc(F)cc3)cs2)cc1)N1CCCCC1. The molecular weight excluding hydrogens is 373 g/mol. The topological polar surface area (TPSA) is 45.2 Å². The van der Waals surface area contributed by atoms with Crippen LogP contribution in [-0.2, 0) is 6.54 Å². The summed E-state index contributed by atoms with van der Waals surface area (Å²) in [4.78, 5) is 19.0. The summed E-state index contributed by atoms with van der Waals surface area (Å²) in [5.74, 6) is -0.123. The van der Waals surface area contributed by atoms with Gasteiger partial charge in [-0.3, -0.25) is 4.79 Å². The molecule has 0 aliphatic carbocycles. The van der Waals surface area contributed by atoms with E-state index in [4.69, 9.17) is 0 Å². The van der Waals surface area contributed by atoms with E-state index in [1.807, 2.05) is 34.5 Å². The van der Waals surface area contributed by atoms with E-state index in [9.17, 15) is 9.18 Å². The predicted octanol–water partition coefficient (Wildman–Crippen LogP) is 5.19. The molecule has 1 aliphatic heterocycles. The minimum absolute atomic E-state index is 0.128. The number of anilines is 1. The third kappa shape index (κ3) is 4.39. The predicted molar refractivity (Wildman–Crippen MR) is 111 cm³/mol. The van der Waals surface area contributed by atoms with Crippen molar-refractivity contribution in [3.05, 3.63) is 70.9 Å². The molecule has 0 spiro atoms. The fraction of sp³-hybridized carbons (Fsp3) is 0.273. The second-order valence-corrected chi connectivity index (χ2v) is 7.81. The van der Waals surface area contributed by atoms with Crippen molar-refractivity contribution in [3.8, 4) is 11.3 Å². The number of piperidine rings is 1. The van der Waals surface area contributed by atoms with E-state index < -0.39 is 0 Å². The van der Waals surface area contributed by atoms with Crippen LogP contribution in [0.1, 0.15) is 35.2 Å². The van der Waals surface area contributed by atoms with Crippen molar-refractivity contribution in [2.24, 2.45) is 0 Å². The molecule has 1 N–H and O–H groups in total. The van der Waals surface area contributed by atoms with Crippen LogP contribution in [0, 0.1) is 5.82 Å². The number of thiazole rings is 1. The Morgan fingerprint density at radius 2 is 1.75 bits per heavy atom. The first-order chi connectivity index (χ1) is 13.7. The van der Waals surface area contributed by atoms with Gasteiger partial charge in [0.05, 0.1) is 5.69 Å². The summed E-state index contributed by atoms with van der Waals surface area (Å²) in [6.45, 7) is 2.36. The van der Waals surface area contributed by atoms with E-state index in [0.717, 1.165) is 53.4 Å². The molecule has 0 atom stereocenters. The average Bonchev–Trinajstić information content (AvgIpc) is 3.22. The van der Waals surface area contributed by atoms with E-state index in [0.29, 0.717) is 6.54 Å². The van der Waals surface area contributed by atoms with Crippen LogP contribution in [-0.4, -0.2) is 28.9 Å². The summed E-state index contributed by atoms with van der Waals surface area (Å²) in [5.41, 5.74) is 3.56. The van der Waals surface area contributed by atoms with Gasteiger partial charge in [0.1, 0.15) is 5.82 Å². The van der Waals surface area contributed by atoms with Gasteiger partial charge in [-0.15, -0.1) is 11.3 Å². The zero-order chi connectivity index (χ0) is 19.3. The molecule has 1 amide bonds. The van der Waals surface area contributed by atoms with Crippen LogP contribution < -0.4 is 5.32 Å². The Hall–Kier alpha value is -2.73. The molecule has 3 aromatic rings. The maximum atomic E-state index is 13.0. The van der Waals surface area contributed by atoms with Crippen molar-refractivity contribution in [2.75, 3.05) is 18.4 Å². The number of amides is 1. The fourth-order valence-electron chi connectivity index (χ4n) is 3.33. The highest BCUT2D eigenvalue weighted by Gasteiger charge is 2.17. The first-order valence-corrected chi connectivity index (χ1v) is 10.4. The number of hydrogen-bond donors (Lipinski definition) is 1. The molecule has 144 valence electrons. The van der Waals surface area contributed by atoms with Crippen molar-refractivity contribution >= 4 is 22.4 Å². The van der Waals surface area contributed by atoms with Gasteiger partial charge in [-0.05, 0) is 61.2 Å². The molecule has 2 heterocycles. The Balaban J connectivity index is 1.35. The molecule has 0 bridgehead atoms. The van der Waals surface area contributed by atoms with Crippen LogP contribution in [0.4, 0.5) is 9.52 Å². The molecule has 1 saturated heterocycles. The maximum absolute atomic E-state index is 13.0. The molecule has 28 heavy (non-hydrogen) atoms. The molecule has 1 fully saturated rings. The number of nitrogens with one attached hydrogen (secondary N) is 1. The largest absolute Gasteiger partial charge is 0.357 e. The molecular formula is C22H22FN3OS. The highest BCUT2D eigenvalue weighted by atomic mass is 32.1. The summed E-state index contributed by atoms with van der Waals surface area (Å²) in [5, 5.41) is 6.08. The molecule has 0 radical (unpaired) electrons. The van der Waals surface area contributed by atoms with E-state index in [1.54, 1.807) is 12.1 Å². The Bertz CT molecular complexity index is 931. The van der Waals surface area contributed by atoms with E-state index in [2.05, 4.69) is 10.3 Å². The summed E-state index contributed by atoms with van der Waals surface area (Å²) in [6.07, 6.45) is 3.41. The van der Waals surface area contributed by atoms with Crippen molar-refractivity contribution in [2.45, 2.75) is 25.8 Å². The highest BCUT2D eigenvalue weighted by Crippen LogP contribution is 2.25. The molecule has 1 aromatic heterocycles. The quantitative estimate of drug-likeness (QED) is 0.647. The van der Waals surface area contributed by atoms with Gasteiger partial charge in [0.15, 0.2) is 5.13 Å². The van der Waals surface area contributed by atoms with E-state index in [-0.39, 0.29) is 11.7 Å². The number of carbonyl (C=O) groups excluding carboxylic acids is 1. The molecule has 4 nitrogen and oxygen atoms in total. The standard InChI is InChI=1S/C22H22FN3OS/c23-19-10-8-17(9-11-19)20-15-28-22(25-20)24-14-16-4-6-18(7-5-16)21(27)26-12-2-1-3-13-26/h4-11,15H,1-3,12-14H2,(H,24,25). The van der Waals surface area contributed by atoms with Crippen LogP contribution in [0.2, 0.25) is 0 Å². The number of nitrogens with zero attached hydrogens (tertiary/aromatic N) is 2. The monoisotopic (exact) mass is 395 g/mol. The zero-order valence-corrected chi connectivity index (χ0v) is 16.3. The molecule has 4 rings (SSSR count). The second-order valence-electron chi connectivity index (χ2n) is 6.95. The first-order valence-electron chi connectivity index (χ1n) is 9.52. The summed E-state index contributed by atoms with van der Waals surface area (Å²) >= 11 is 1.52. The molecule has 1 aliphatic rings. The van der Waals surface area contributed by atoms with Crippen LogP contribution in [0.3, 0.4) is 0 Å². The van der Waals surface area contributed by atoms with Crippen molar-refractivity contribution in [1.29, 1.82) is 0 Å². The fourth-order valence-corrected chi connectivity index (χ4v) is 4.05. The summed E-state index contributed by atoms with van der Waals surface area (Å²) < 4.78 is 13.0. The second kappa shape index (κ2) is 8.52. The number of likely N-dealkylation sites (tertiary alicyclic amines) is 1. The number of hydrogen-bond acceptors (Lipinski definition) is 4. The minimum Gasteiger partial charge on any atom is -0.357 e. The zero-order valence-electron chi connectivity index (χ0n) is 15.5. The van der Waals surface area contributed by atoms with Gasteiger partial charge in [-0.25, -0.2) is 9.37 Å². The third-order valence-corrected chi connectivity index (χ3v) is 5.73. The lowest BCUT2D eigenvalue weighted by atomic mass is 10.1. The smallest absolute Gasteiger partial charge is 0.253 e. The number of aromatic nitrogens is 1. The van der Waals surface area contributed by atoms with Crippen molar-refractivity contribution in [3.63, 3.8) is 0 Å². The van der Waals surface area contributed by atoms with Gasteiger partial charge in [0.25, 0.3) is 5.91 Å². The Labute approximate surface area is 168 Å². The lowest BCUT2D eigenvalue weighted by molar-refractivity contribution is 0.0724. The Morgan fingerprint density at radius 1 is 1.04 bits per heavy atom. The van der Waals surface area contributed by atoms with Gasteiger partial charge in [-0.2, -0.15) is 0 Å². The lowest BCUT2D eigenvalue weighted by Gasteiger charge is -2.26. The van der Waals surface area contributed by atoms with Gasteiger partial charge >= 0.3 is 0 Å². The van der Waals surface area contributed by atoms with Crippen LogP contribution >= 0.6 is 11.3 Å². The van der Waals surface area contributed by atoms with E-state index >= 15 is 0 Å². The number of halogens is 1. The summed E-state index contributed by atoms with van der Waals surface area (Å²) in [7, 11) is 0. The first kappa shape index (κ1) is 18.6. The Kier molecular flexibility index (Phi) is 5.67. The van der Waals surface area contributed by atoms with Gasteiger partial charge < -0.3 is 10.2 Å². The van der Waals surface area contributed by atoms with E-state index in [1.165, 1.54) is 29.9 Å². The highest BCUT2D eigenvalue weighted by molar-refractivity contribution is 7.14. The lowest BCUT2D eigenvalue weighted by Crippen LogP contribution is -2.35. The minimum atomic E-state index is -0.250. The molecule has 2 aromatic carbocycles. The number of benzene rings is 2.